The average molecular weight is 346 g/mol. The Hall–Kier alpha value is -1.61. The number of carbonyl (C=O) groups is 1. The average Bonchev–Trinajstić information content (AvgIpc) is 2.49. The van der Waals surface area contributed by atoms with Crippen LogP contribution in [-0.4, -0.2) is 5.91 Å². The molecule has 3 heteroatoms. The molecule has 0 aliphatic rings. The van der Waals surface area contributed by atoms with Crippen molar-refractivity contribution in [1.29, 1.82) is 0 Å². The van der Waals surface area contributed by atoms with E-state index in [1.54, 1.807) is 6.07 Å². The van der Waals surface area contributed by atoms with E-state index in [2.05, 4.69) is 40.3 Å². The zero-order chi connectivity index (χ0) is 15.1. The summed E-state index contributed by atoms with van der Waals surface area (Å²) in [6.07, 6.45) is 4.83. The molecule has 0 aliphatic carbocycles. The molecular formula is C18H20BrNO. The van der Waals surface area contributed by atoms with Crippen molar-refractivity contribution in [2.75, 3.05) is 5.32 Å². The van der Waals surface area contributed by atoms with E-state index in [1.165, 1.54) is 24.8 Å². The number of rotatable bonds is 6. The molecule has 2 aromatic rings. The lowest BCUT2D eigenvalue weighted by Gasteiger charge is -2.08. The van der Waals surface area contributed by atoms with E-state index in [1.807, 2.05) is 30.3 Å². The lowest BCUT2D eigenvalue weighted by Crippen LogP contribution is -2.12. The molecule has 110 valence electrons. The summed E-state index contributed by atoms with van der Waals surface area (Å²) < 4.78 is 0.804. The van der Waals surface area contributed by atoms with Crippen LogP contribution in [0.25, 0.3) is 0 Å². The van der Waals surface area contributed by atoms with Crippen LogP contribution >= 0.6 is 15.9 Å². The Morgan fingerprint density at radius 3 is 2.43 bits per heavy atom. The molecule has 0 atom stereocenters. The van der Waals surface area contributed by atoms with Crippen LogP contribution in [0.4, 0.5) is 5.69 Å². The Kier molecular flexibility index (Phi) is 6.00. The van der Waals surface area contributed by atoms with E-state index in [0.29, 0.717) is 5.56 Å². The number of hydrogen-bond donors (Lipinski definition) is 1. The predicted molar refractivity (Wildman–Crippen MR) is 91.8 cm³/mol. The monoisotopic (exact) mass is 345 g/mol. The summed E-state index contributed by atoms with van der Waals surface area (Å²) in [5.41, 5.74) is 2.79. The predicted octanol–water partition coefficient (Wildman–Crippen LogP) is 5.43. The minimum Gasteiger partial charge on any atom is -0.322 e. The third-order valence-corrected chi connectivity index (χ3v) is 4.09. The summed E-state index contributed by atoms with van der Waals surface area (Å²) in [6.45, 7) is 2.21. The highest BCUT2D eigenvalue weighted by atomic mass is 79.9. The number of anilines is 1. The fourth-order valence-corrected chi connectivity index (χ4v) is 2.64. The van der Waals surface area contributed by atoms with Crippen molar-refractivity contribution >= 4 is 27.5 Å². The molecule has 1 N–H and O–H groups in total. The lowest BCUT2D eigenvalue weighted by molar-refractivity contribution is 0.102. The van der Waals surface area contributed by atoms with E-state index >= 15 is 0 Å². The van der Waals surface area contributed by atoms with E-state index in [0.717, 1.165) is 16.6 Å². The van der Waals surface area contributed by atoms with Crippen molar-refractivity contribution in [3.63, 3.8) is 0 Å². The van der Waals surface area contributed by atoms with Gasteiger partial charge < -0.3 is 5.32 Å². The SMILES string of the molecule is CCCCCc1ccc(NC(=O)c2ccccc2Br)cc1. The first-order valence-electron chi connectivity index (χ1n) is 7.35. The highest BCUT2D eigenvalue weighted by molar-refractivity contribution is 9.10. The van der Waals surface area contributed by atoms with Crippen LogP contribution in [0.15, 0.2) is 53.0 Å². The molecule has 0 saturated carbocycles. The molecule has 21 heavy (non-hydrogen) atoms. The van der Waals surface area contributed by atoms with Crippen LogP contribution in [0.1, 0.15) is 42.1 Å². The highest BCUT2D eigenvalue weighted by Gasteiger charge is 2.09. The van der Waals surface area contributed by atoms with Crippen LogP contribution < -0.4 is 5.32 Å². The van der Waals surface area contributed by atoms with Gasteiger partial charge >= 0.3 is 0 Å². The van der Waals surface area contributed by atoms with Crippen molar-refractivity contribution in [3.8, 4) is 0 Å². The Bertz CT molecular complexity index is 592. The number of halogens is 1. The minimum atomic E-state index is -0.0961. The van der Waals surface area contributed by atoms with Gasteiger partial charge in [-0.2, -0.15) is 0 Å². The van der Waals surface area contributed by atoms with Crippen LogP contribution in [0, 0.1) is 0 Å². The summed E-state index contributed by atoms with van der Waals surface area (Å²) in [7, 11) is 0. The number of unbranched alkanes of at least 4 members (excludes halogenated alkanes) is 2. The fourth-order valence-electron chi connectivity index (χ4n) is 2.18. The van der Waals surface area contributed by atoms with Gasteiger partial charge in [0.15, 0.2) is 0 Å². The topological polar surface area (TPSA) is 29.1 Å². The molecule has 0 unspecified atom stereocenters. The van der Waals surface area contributed by atoms with Crippen molar-refractivity contribution in [2.24, 2.45) is 0 Å². The van der Waals surface area contributed by atoms with Gasteiger partial charge in [0, 0.05) is 10.2 Å². The molecular weight excluding hydrogens is 326 g/mol. The number of nitrogens with one attached hydrogen (secondary N) is 1. The number of amides is 1. The van der Waals surface area contributed by atoms with E-state index in [9.17, 15) is 4.79 Å². The summed E-state index contributed by atoms with van der Waals surface area (Å²) in [6, 6.07) is 15.5. The van der Waals surface area contributed by atoms with Gasteiger partial charge in [0.2, 0.25) is 0 Å². The molecule has 0 saturated heterocycles. The first-order chi connectivity index (χ1) is 10.2. The zero-order valence-corrected chi connectivity index (χ0v) is 13.8. The summed E-state index contributed by atoms with van der Waals surface area (Å²) >= 11 is 3.40. The molecule has 2 rings (SSSR count). The quantitative estimate of drug-likeness (QED) is 0.694. The molecule has 0 fully saturated rings. The van der Waals surface area contributed by atoms with Gasteiger partial charge in [-0.1, -0.05) is 44.0 Å². The van der Waals surface area contributed by atoms with Crippen molar-refractivity contribution < 1.29 is 4.79 Å². The Morgan fingerprint density at radius 1 is 1.05 bits per heavy atom. The molecule has 0 radical (unpaired) electrons. The Labute approximate surface area is 134 Å². The van der Waals surface area contributed by atoms with Crippen LogP contribution in [0.5, 0.6) is 0 Å². The molecule has 0 heterocycles. The van der Waals surface area contributed by atoms with Crippen molar-refractivity contribution in [3.05, 3.63) is 64.1 Å². The molecule has 2 aromatic carbocycles. The van der Waals surface area contributed by atoms with Crippen LogP contribution in [0.3, 0.4) is 0 Å². The maximum absolute atomic E-state index is 12.2. The summed E-state index contributed by atoms with van der Waals surface area (Å²) in [4.78, 5) is 12.2. The molecule has 0 spiro atoms. The van der Waals surface area contributed by atoms with Crippen LogP contribution in [-0.2, 0) is 6.42 Å². The molecule has 0 bridgehead atoms. The first kappa shape index (κ1) is 15.8. The smallest absolute Gasteiger partial charge is 0.256 e. The van der Waals surface area contributed by atoms with Crippen molar-refractivity contribution in [2.45, 2.75) is 32.6 Å². The normalized spacial score (nSPS) is 10.4. The second-order valence-electron chi connectivity index (χ2n) is 5.09. The van der Waals surface area contributed by atoms with Gasteiger partial charge in [-0.3, -0.25) is 4.79 Å². The largest absolute Gasteiger partial charge is 0.322 e. The van der Waals surface area contributed by atoms with E-state index < -0.39 is 0 Å². The second kappa shape index (κ2) is 7.99. The third kappa shape index (κ3) is 4.71. The molecule has 2 nitrogen and oxygen atoms in total. The molecule has 0 aliphatic heterocycles. The van der Waals surface area contributed by atoms with Gasteiger partial charge in [-0.15, -0.1) is 0 Å². The Morgan fingerprint density at radius 2 is 1.76 bits per heavy atom. The minimum absolute atomic E-state index is 0.0961. The highest BCUT2D eigenvalue weighted by Crippen LogP contribution is 2.18. The van der Waals surface area contributed by atoms with Gasteiger partial charge in [-0.05, 0) is 58.6 Å². The number of hydrogen-bond acceptors (Lipinski definition) is 1. The summed E-state index contributed by atoms with van der Waals surface area (Å²) in [5, 5.41) is 2.92. The first-order valence-corrected chi connectivity index (χ1v) is 8.15. The standard InChI is InChI=1S/C18H20BrNO/c1-2-3-4-7-14-10-12-15(13-11-14)20-18(21)16-8-5-6-9-17(16)19/h5-6,8-13H,2-4,7H2,1H3,(H,20,21). The van der Waals surface area contributed by atoms with E-state index in [-0.39, 0.29) is 5.91 Å². The Balaban J connectivity index is 1.97. The van der Waals surface area contributed by atoms with Gasteiger partial charge in [0.25, 0.3) is 5.91 Å². The number of benzene rings is 2. The van der Waals surface area contributed by atoms with Gasteiger partial charge in [-0.25, -0.2) is 0 Å². The lowest BCUT2D eigenvalue weighted by atomic mass is 10.1. The van der Waals surface area contributed by atoms with E-state index in [4.69, 9.17) is 0 Å². The third-order valence-electron chi connectivity index (χ3n) is 3.40. The molecule has 1 amide bonds. The van der Waals surface area contributed by atoms with Crippen molar-refractivity contribution in [1.82, 2.24) is 0 Å². The summed E-state index contributed by atoms with van der Waals surface area (Å²) in [5.74, 6) is -0.0961. The second-order valence-corrected chi connectivity index (χ2v) is 5.94. The molecule has 0 aromatic heterocycles. The maximum atomic E-state index is 12.2. The number of carbonyl (C=O) groups excluding carboxylic acids is 1. The van der Waals surface area contributed by atoms with Crippen LogP contribution in [0.2, 0.25) is 0 Å². The van der Waals surface area contributed by atoms with Gasteiger partial charge in [0.05, 0.1) is 5.56 Å². The number of aryl methyl sites for hydroxylation is 1. The zero-order valence-electron chi connectivity index (χ0n) is 12.2. The van der Waals surface area contributed by atoms with Gasteiger partial charge in [0.1, 0.15) is 0 Å². The fraction of sp³-hybridized carbons (Fsp3) is 0.278. The maximum Gasteiger partial charge on any atom is 0.256 e.